The molecule has 0 aromatic heterocycles. The molecule has 1 aliphatic heterocycles. The zero-order valence-electron chi connectivity index (χ0n) is 5.41. The van der Waals surface area contributed by atoms with E-state index in [4.69, 9.17) is 11.5 Å². The Morgan fingerprint density at radius 2 is 2.60 bits per heavy atom. The number of hydrogen-bond acceptors (Lipinski definition) is 4. The van der Waals surface area contributed by atoms with Crippen molar-refractivity contribution in [1.29, 1.82) is 0 Å². The minimum Gasteiger partial charge on any atom is -0.368 e. The highest BCUT2D eigenvalue weighted by molar-refractivity contribution is 8.14. The molecule has 0 saturated heterocycles. The highest BCUT2D eigenvalue weighted by Crippen LogP contribution is 2.16. The summed E-state index contributed by atoms with van der Waals surface area (Å²) in [5.41, 5.74) is 10.3. The molecule has 4 nitrogen and oxygen atoms in total. The largest absolute Gasteiger partial charge is 0.368 e. The van der Waals surface area contributed by atoms with Gasteiger partial charge in [-0.15, -0.1) is 11.8 Å². The van der Waals surface area contributed by atoms with Crippen molar-refractivity contribution in [2.45, 2.75) is 6.04 Å². The van der Waals surface area contributed by atoms with Gasteiger partial charge < -0.3 is 11.5 Å². The molecule has 0 aliphatic carbocycles. The molecule has 0 saturated carbocycles. The summed E-state index contributed by atoms with van der Waals surface area (Å²) in [6, 6.07) is -0.344. The molecule has 1 aliphatic rings. The monoisotopic (exact) mass is 159 g/mol. The minimum absolute atomic E-state index is 0.344. The van der Waals surface area contributed by atoms with Gasteiger partial charge in [0.15, 0.2) is 0 Å². The third-order valence-electron chi connectivity index (χ3n) is 1.21. The second-order valence-electron chi connectivity index (χ2n) is 1.96. The van der Waals surface area contributed by atoms with Crippen molar-refractivity contribution in [2.24, 2.45) is 16.5 Å². The van der Waals surface area contributed by atoms with Crippen LogP contribution in [0.2, 0.25) is 0 Å². The van der Waals surface area contributed by atoms with Gasteiger partial charge in [-0.25, -0.2) is 0 Å². The lowest BCUT2D eigenvalue weighted by Gasteiger charge is -1.95. The van der Waals surface area contributed by atoms with E-state index in [1.165, 1.54) is 11.8 Å². The lowest BCUT2D eigenvalue weighted by atomic mass is 10.3. The van der Waals surface area contributed by atoms with Crippen molar-refractivity contribution in [3.05, 3.63) is 0 Å². The van der Waals surface area contributed by atoms with Crippen LogP contribution in [-0.2, 0) is 4.79 Å². The van der Waals surface area contributed by atoms with Crippen LogP contribution >= 0.6 is 11.8 Å². The zero-order valence-corrected chi connectivity index (χ0v) is 6.23. The Morgan fingerprint density at radius 3 is 2.90 bits per heavy atom. The number of hydrogen-bond donors (Lipinski definition) is 2. The molecule has 0 spiro atoms. The van der Waals surface area contributed by atoms with Crippen LogP contribution < -0.4 is 11.5 Å². The van der Waals surface area contributed by atoms with Gasteiger partial charge in [-0.2, -0.15) is 0 Å². The summed E-state index contributed by atoms with van der Waals surface area (Å²) in [5.74, 6) is 0.290. The summed E-state index contributed by atoms with van der Waals surface area (Å²) in [7, 11) is 0. The molecule has 0 fully saturated rings. The summed E-state index contributed by atoms with van der Waals surface area (Å²) in [4.78, 5) is 14.5. The van der Waals surface area contributed by atoms with Crippen LogP contribution in [0.15, 0.2) is 4.99 Å². The molecule has 0 radical (unpaired) electrons. The summed E-state index contributed by atoms with van der Waals surface area (Å²) < 4.78 is 0. The number of thioether (sulfide) groups is 1. The van der Waals surface area contributed by atoms with Crippen LogP contribution in [-0.4, -0.2) is 29.3 Å². The fourth-order valence-electron chi connectivity index (χ4n) is 0.681. The van der Waals surface area contributed by atoms with E-state index in [2.05, 4.69) is 4.99 Å². The van der Waals surface area contributed by atoms with Crippen LogP contribution in [0.5, 0.6) is 0 Å². The standard InChI is InChI=1S/C5H9N3OS/c6-1-4-8-3(2-10-4)5(7)9/h3H,1-2,6H2,(H2,7,9)/t3-/m0/s1. The second-order valence-corrected chi connectivity index (χ2v) is 3.05. The van der Waals surface area contributed by atoms with Crippen LogP contribution in [0.25, 0.3) is 0 Å². The molecule has 5 heteroatoms. The lowest BCUT2D eigenvalue weighted by molar-refractivity contribution is -0.118. The Hall–Kier alpha value is -0.550. The Balaban J connectivity index is 2.55. The zero-order chi connectivity index (χ0) is 7.56. The molecule has 1 atom stereocenters. The first-order valence-electron chi connectivity index (χ1n) is 2.93. The average molecular weight is 159 g/mol. The van der Waals surface area contributed by atoms with Crippen LogP contribution in [0, 0.1) is 0 Å². The number of nitrogens with zero attached hydrogens (tertiary/aromatic N) is 1. The smallest absolute Gasteiger partial charge is 0.243 e. The lowest BCUT2D eigenvalue weighted by Crippen LogP contribution is -2.26. The molecule has 0 aromatic rings. The number of amides is 1. The number of carbonyl (C=O) groups excluding carboxylic acids is 1. The van der Waals surface area contributed by atoms with E-state index < -0.39 is 0 Å². The van der Waals surface area contributed by atoms with Gasteiger partial charge in [0.05, 0.1) is 5.04 Å². The quantitative estimate of drug-likeness (QED) is 0.539. The van der Waals surface area contributed by atoms with Crippen molar-refractivity contribution in [1.82, 2.24) is 0 Å². The molecule has 10 heavy (non-hydrogen) atoms. The van der Waals surface area contributed by atoms with Gasteiger partial charge in [0, 0.05) is 12.3 Å². The van der Waals surface area contributed by atoms with Gasteiger partial charge >= 0.3 is 0 Å². The Bertz CT molecular complexity index is 180. The van der Waals surface area contributed by atoms with Crippen molar-refractivity contribution >= 4 is 22.7 Å². The fourth-order valence-corrected chi connectivity index (χ4v) is 1.59. The number of carbonyl (C=O) groups is 1. The molecule has 0 aromatic carbocycles. The Kier molecular flexibility index (Phi) is 2.29. The number of rotatable bonds is 2. The van der Waals surface area contributed by atoms with E-state index in [0.29, 0.717) is 12.3 Å². The van der Waals surface area contributed by atoms with E-state index >= 15 is 0 Å². The first-order chi connectivity index (χ1) is 4.74. The van der Waals surface area contributed by atoms with E-state index in [1.54, 1.807) is 0 Å². The summed E-state index contributed by atoms with van der Waals surface area (Å²) in [6.45, 7) is 0.411. The molecule has 1 rings (SSSR count). The first-order valence-corrected chi connectivity index (χ1v) is 3.91. The second kappa shape index (κ2) is 3.03. The van der Waals surface area contributed by atoms with Crippen molar-refractivity contribution in [2.75, 3.05) is 12.3 Å². The molecule has 56 valence electrons. The maximum Gasteiger partial charge on any atom is 0.243 e. The van der Waals surface area contributed by atoms with Gasteiger partial charge in [0.25, 0.3) is 0 Å². The number of nitrogens with two attached hydrogens (primary N) is 2. The summed E-state index contributed by atoms with van der Waals surface area (Å²) in [6.07, 6.45) is 0. The minimum atomic E-state index is -0.365. The summed E-state index contributed by atoms with van der Waals surface area (Å²) in [5, 5.41) is 0.823. The average Bonchev–Trinajstić information content (AvgIpc) is 2.34. The molecular formula is C5H9N3OS. The maximum absolute atomic E-state index is 10.5. The van der Waals surface area contributed by atoms with E-state index in [9.17, 15) is 4.79 Å². The van der Waals surface area contributed by atoms with Crippen LogP contribution in [0.3, 0.4) is 0 Å². The van der Waals surface area contributed by atoms with Gasteiger partial charge in [-0.05, 0) is 0 Å². The maximum atomic E-state index is 10.5. The van der Waals surface area contributed by atoms with Crippen molar-refractivity contribution in [3.8, 4) is 0 Å². The van der Waals surface area contributed by atoms with Crippen LogP contribution in [0.4, 0.5) is 0 Å². The Morgan fingerprint density at radius 1 is 1.90 bits per heavy atom. The van der Waals surface area contributed by atoms with E-state index in [0.717, 1.165) is 5.04 Å². The van der Waals surface area contributed by atoms with Gasteiger partial charge in [0.2, 0.25) is 5.91 Å². The molecule has 1 heterocycles. The Labute approximate surface area is 63.1 Å². The molecule has 4 N–H and O–H groups in total. The molecule has 1 amide bonds. The predicted molar refractivity (Wildman–Crippen MR) is 41.9 cm³/mol. The number of primary amides is 1. The molecular weight excluding hydrogens is 150 g/mol. The third-order valence-corrected chi connectivity index (χ3v) is 2.30. The first kappa shape index (κ1) is 7.56. The van der Waals surface area contributed by atoms with Crippen LogP contribution in [0.1, 0.15) is 0 Å². The van der Waals surface area contributed by atoms with E-state index in [1.807, 2.05) is 0 Å². The number of aliphatic imine (C=N–C) groups is 1. The van der Waals surface area contributed by atoms with Gasteiger partial charge in [-0.1, -0.05) is 0 Å². The fraction of sp³-hybridized carbons (Fsp3) is 0.600. The molecule has 0 unspecified atom stereocenters. The third kappa shape index (κ3) is 1.48. The SMILES string of the molecule is NCC1=N[C@H](C(N)=O)CS1. The van der Waals surface area contributed by atoms with Gasteiger partial charge in [0.1, 0.15) is 6.04 Å². The topological polar surface area (TPSA) is 81.5 Å². The highest BCUT2D eigenvalue weighted by atomic mass is 32.2. The van der Waals surface area contributed by atoms with E-state index in [-0.39, 0.29) is 11.9 Å². The molecule has 0 bridgehead atoms. The normalized spacial score (nSPS) is 24.5. The van der Waals surface area contributed by atoms with Crippen molar-refractivity contribution < 1.29 is 4.79 Å². The summed E-state index contributed by atoms with van der Waals surface area (Å²) >= 11 is 1.50. The van der Waals surface area contributed by atoms with Gasteiger partial charge in [-0.3, -0.25) is 9.79 Å². The highest BCUT2D eigenvalue weighted by Gasteiger charge is 2.21. The van der Waals surface area contributed by atoms with Crippen molar-refractivity contribution in [3.63, 3.8) is 0 Å². The predicted octanol–water partition coefficient (Wildman–Crippen LogP) is -1.06.